The van der Waals surface area contributed by atoms with E-state index >= 15 is 0 Å². The minimum Gasteiger partial charge on any atom is -0.372 e. The molecule has 1 aromatic heterocycles. The first kappa shape index (κ1) is 17.5. The molecule has 4 saturated carbocycles. The van der Waals surface area contributed by atoms with E-state index in [-0.39, 0.29) is 18.1 Å². The van der Waals surface area contributed by atoms with Crippen molar-refractivity contribution >= 4 is 11.7 Å². The lowest BCUT2D eigenvalue weighted by Gasteiger charge is -2.54. The summed E-state index contributed by atoms with van der Waals surface area (Å²) in [5.74, 6) is 4.25. The number of carbonyl (C=O) groups is 1. The van der Waals surface area contributed by atoms with Gasteiger partial charge in [-0.3, -0.25) is 4.79 Å². The fourth-order valence-corrected chi connectivity index (χ4v) is 6.47. The number of ether oxygens (including phenoxy) is 1. The van der Waals surface area contributed by atoms with Crippen LogP contribution in [0, 0.1) is 23.7 Å². The van der Waals surface area contributed by atoms with Gasteiger partial charge in [0.2, 0.25) is 0 Å². The van der Waals surface area contributed by atoms with Gasteiger partial charge in [0, 0.05) is 25.3 Å². The van der Waals surface area contributed by atoms with Crippen LogP contribution in [0.5, 0.6) is 0 Å². The van der Waals surface area contributed by atoms with Gasteiger partial charge < -0.3 is 15.0 Å². The summed E-state index contributed by atoms with van der Waals surface area (Å²) in [6.07, 6.45) is 8.88. The quantitative estimate of drug-likeness (QED) is 0.889. The second-order valence-corrected chi connectivity index (χ2v) is 9.50. The van der Waals surface area contributed by atoms with Gasteiger partial charge in [0.1, 0.15) is 5.82 Å². The van der Waals surface area contributed by atoms with E-state index in [1.165, 1.54) is 32.1 Å². The predicted octanol–water partition coefficient (Wildman–Crippen LogP) is 3.25. The first-order chi connectivity index (χ1) is 13.0. The van der Waals surface area contributed by atoms with Crippen molar-refractivity contribution in [2.75, 3.05) is 18.0 Å². The van der Waals surface area contributed by atoms with Crippen LogP contribution in [0.4, 0.5) is 5.82 Å². The van der Waals surface area contributed by atoms with Crippen LogP contribution in [-0.4, -0.2) is 42.2 Å². The predicted molar refractivity (Wildman–Crippen MR) is 105 cm³/mol. The highest BCUT2D eigenvalue weighted by Crippen LogP contribution is 2.53. The average molecular weight is 370 g/mol. The summed E-state index contributed by atoms with van der Waals surface area (Å²) in [6.45, 7) is 5.87. The molecule has 4 bridgehead atoms. The molecule has 6 rings (SSSR count). The fourth-order valence-electron chi connectivity index (χ4n) is 6.47. The molecular weight excluding hydrogens is 338 g/mol. The summed E-state index contributed by atoms with van der Waals surface area (Å²) in [6, 6.07) is 4.29. The Morgan fingerprint density at radius 3 is 2.22 bits per heavy atom. The van der Waals surface area contributed by atoms with E-state index in [0.29, 0.717) is 23.4 Å². The lowest BCUT2D eigenvalue weighted by Crippen LogP contribution is -2.55. The molecule has 5 heteroatoms. The zero-order chi connectivity index (χ0) is 18.5. The third-order valence-electron chi connectivity index (χ3n) is 7.28. The highest BCUT2D eigenvalue weighted by molar-refractivity contribution is 5.94. The number of anilines is 1. The molecule has 2 heterocycles. The molecule has 146 valence electrons. The molecule has 0 aromatic carbocycles. The molecule has 1 aromatic rings. The maximum Gasteiger partial charge on any atom is 0.253 e. The number of aromatic nitrogens is 1. The van der Waals surface area contributed by atoms with Crippen LogP contribution >= 0.6 is 0 Å². The molecule has 1 N–H and O–H groups in total. The van der Waals surface area contributed by atoms with E-state index in [0.717, 1.165) is 30.7 Å². The van der Waals surface area contributed by atoms with Crippen molar-refractivity contribution in [1.29, 1.82) is 0 Å². The van der Waals surface area contributed by atoms with Crippen LogP contribution < -0.4 is 10.2 Å². The van der Waals surface area contributed by atoms with Crippen LogP contribution in [0.25, 0.3) is 0 Å². The highest BCUT2D eigenvalue weighted by Gasteiger charge is 2.48. The minimum absolute atomic E-state index is 0.0511. The number of pyridine rings is 1. The summed E-state index contributed by atoms with van der Waals surface area (Å²) >= 11 is 0. The SMILES string of the molecule is CC1CN(c2ccc(C(=O)NC3C4CC5CC(C4)CC3C5)cn2)CC(C)O1. The first-order valence-corrected chi connectivity index (χ1v) is 10.7. The molecule has 5 nitrogen and oxygen atoms in total. The standard InChI is InChI=1S/C22H31N3O2/c1-13-11-25(12-14(2)27-13)20-4-3-17(10-23-20)22(26)24-21-18-6-15-5-16(8-18)9-19(21)7-15/h3-4,10,13-16,18-19,21H,5-9,11-12H2,1-2H3,(H,24,26). The monoisotopic (exact) mass is 369 g/mol. The Hall–Kier alpha value is -1.62. The summed E-state index contributed by atoms with van der Waals surface area (Å²) in [5.41, 5.74) is 0.682. The van der Waals surface area contributed by atoms with Crippen molar-refractivity contribution in [3.8, 4) is 0 Å². The van der Waals surface area contributed by atoms with Crippen molar-refractivity contribution in [2.24, 2.45) is 23.7 Å². The smallest absolute Gasteiger partial charge is 0.253 e. The molecule has 2 unspecified atom stereocenters. The fraction of sp³-hybridized carbons (Fsp3) is 0.727. The number of nitrogens with zero attached hydrogens (tertiary/aromatic N) is 2. The second kappa shape index (κ2) is 6.77. The number of nitrogens with one attached hydrogen (secondary N) is 1. The zero-order valence-electron chi connectivity index (χ0n) is 16.4. The van der Waals surface area contributed by atoms with Crippen LogP contribution in [0.15, 0.2) is 18.3 Å². The van der Waals surface area contributed by atoms with Crippen molar-refractivity contribution in [1.82, 2.24) is 10.3 Å². The highest BCUT2D eigenvalue weighted by atomic mass is 16.5. The Labute approximate surface area is 161 Å². The van der Waals surface area contributed by atoms with E-state index in [1.807, 2.05) is 12.1 Å². The molecule has 5 aliphatic rings. The van der Waals surface area contributed by atoms with Crippen LogP contribution in [0.2, 0.25) is 0 Å². The van der Waals surface area contributed by atoms with Gasteiger partial charge in [0.05, 0.1) is 17.8 Å². The van der Waals surface area contributed by atoms with E-state index in [2.05, 4.69) is 29.0 Å². The minimum atomic E-state index is 0.0511. The summed E-state index contributed by atoms with van der Waals surface area (Å²) in [7, 11) is 0. The number of rotatable bonds is 3. The van der Waals surface area contributed by atoms with E-state index < -0.39 is 0 Å². The first-order valence-electron chi connectivity index (χ1n) is 10.7. The van der Waals surface area contributed by atoms with Gasteiger partial charge in [-0.1, -0.05) is 0 Å². The van der Waals surface area contributed by atoms with Crippen molar-refractivity contribution in [3.63, 3.8) is 0 Å². The Morgan fingerprint density at radius 1 is 1.04 bits per heavy atom. The van der Waals surface area contributed by atoms with Crippen molar-refractivity contribution in [2.45, 2.75) is 64.2 Å². The number of carbonyl (C=O) groups excluding carboxylic acids is 1. The summed E-state index contributed by atoms with van der Waals surface area (Å²) in [4.78, 5) is 19.7. The molecule has 27 heavy (non-hydrogen) atoms. The number of amides is 1. The summed E-state index contributed by atoms with van der Waals surface area (Å²) < 4.78 is 5.80. The van der Waals surface area contributed by atoms with Gasteiger partial charge >= 0.3 is 0 Å². The molecule has 1 amide bonds. The third-order valence-corrected chi connectivity index (χ3v) is 7.28. The number of hydrogen-bond donors (Lipinski definition) is 1. The van der Waals surface area contributed by atoms with E-state index in [9.17, 15) is 4.79 Å². The van der Waals surface area contributed by atoms with Crippen LogP contribution in [-0.2, 0) is 4.74 Å². The van der Waals surface area contributed by atoms with Gasteiger partial charge in [-0.2, -0.15) is 0 Å². The van der Waals surface area contributed by atoms with E-state index in [4.69, 9.17) is 4.74 Å². The van der Waals surface area contributed by atoms with Gasteiger partial charge in [-0.15, -0.1) is 0 Å². The number of hydrogen-bond acceptors (Lipinski definition) is 4. The molecular formula is C22H31N3O2. The van der Waals surface area contributed by atoms with Crippen molar-refractivity contribution in [3.05, 3.63) is 23.9 Å². The summed E-state index contributed by atoms with van der Waals surface area (Å²) in [5, 5.41) is 3.38. The molecule has 4 aliphatic carbocycles. The average Bonchev–Trinajstić information content (AvgIpc) is 2.63. The van der Waals surface area contributed by atoms with Crippen molar-refractivity contribution < 1.29 is 9.53 Å². The van der Waals surface area contributed by atoms with Crippen LogP contribution in [0.1, 0.15) is 56.3 Å². The Kier molecular flexibility index (Phi) is 4.38. The topological polar surface area (TPSA) is 54.5 Å². The second-order valence-electron chi connectivity index (χ2n) is 9.50. The Morgan fingerprint density at radius 2 is 1.67 bits per heavy atom. The van der Waals surface area contributed by atoms with E-state index in [1.54, 1.807) is 6.20 Å². The molecule has 0 spiro atoms. The normalized spacial score (nSPS) is 40.2. The molecule has 2 atom stereocenters. The zero-order valence-corrected chi connectivity index (χ0v) is 16.4. The maximum absolute atomic E-state index is 12.8. The van der Waals surface area contributed by atoms with Crippen LogP contribution in [0.3, 0.4) is 0 Å². The number of morpholine rings is 1. The van der Waals surface area contributed by atoms with Gasteiger partial charge in [0.25, 0.3) is 5.91 Å². The van der Waals surface area contributed by atoms with Gasteiger partial charge in [-0.05, 0) is 81.8 Å². The molecule has 5 fully saturated rings. The lowest BCUT2D eigenvalue weighted by molar-refractivity contribution is -0.0119. The largest absolute Gasteiger partial charge is 0.372 e. The Balaban J connectivity index is 1.25. The van der Waals surface area contributed by atoms with Gasteiger partial charge in [-0.25, -0.2) is 4.98 Å². The maximum atomic E-state index is 12.8. The Bertz CT molecular complexity index is 666. The molecule has 1 aliphatic heterocycles. The van der Waals surface area contributed by atoms with Gasteiger partial charge in [0.15, 0.2) is 0 Å². The molecule has 0 radical (unpaired) electrons. The molecule has 1 saturated heterocycles. The third kappa shape index (κ3) is 3.35. The lowest BCUT2D eigenvalue weighted by atomic mass is 9.54.